The van der Waals surface area contributed by atoms with Crippen LogP contribution in [0.15, 0.2) is 17.0 Å². The van der Waals surface area contributed by atoms with Crippen LogP contribution in [0.2, 0.25) is 0 Å². The molecule has 14 heavy (non-hydrogen) atoms. The maximum absolute atomic E-state index is 9.89. The highest BCUT2D eigenvalue weighted by atomic mass is 32.2. The molecule has 1 atom stereocenters. The number of nitrogens with two attached hydrogens (primary N) is 1. The van der Waals surface area contributed by atoms with Crippen LogP contribution in [0.25, 0.3) is 0 Å². The first kappa shape index (κ1) is 11.4. The summed E-state index contributed by atoms with van der Waals surface area (Å²) in [4.78, 5) is 1.12. The summed E-state index contributed by atoms with van der Waals surface area (Å²) in [7, 11) is 0. The standard InChI is InChI=1S/C11H17NOS/c1-7-4-5-10(14-3)9(11(7)13)6-8(2)12/h4-5,8,13H,6,12H2,1-3H3. The molecule has 0 amide bonds. The molecule has 0 aromatic heterocycles. The molecule has 0 aliphatic heterocycles. The van der Waals surface area contributed by atoms with E-state index < -0.39 is 0 Å². The molecule has 78 valence electrons. The number of rotatable bonds is 3. The average molecular weight is 211 g/mol. The van der Waals surface area contributed by atoms with Crippen LogP contribution in [-0.2, 0) is 6.42 Å². The number of phenolic OH excluding ortho intramolecular Hbond substituents is 1. The Hall–Kier alpha value is -0.670. The van der Waals surface area contributed by atoms with Crippen molar-refractivity contribution in [1.29, 1.82) is 0 Å². The zero-order valence-electron chi connectivity index (χ0n) is 8.87. The van der Waals surface area contributed by atoms with Gasteiger partial charge in [0.25, 0.3) is 0 Å². The van der Waals surface area contributed by atoms with Crippen LogP contribution in [0.4, 0.5) is 0 Å². The molecule has 1 aromatic rings. The Kier molecular flexibility index (Phi) is 3.84. The van der Waals surface area contributed by atoms with Gasteiger partial charge in [0.05, 0.1) is 0 Å². The van der Waals surface area contributed by atoms with Crippen molar-refractivity contribution in [3.8, 4) is 5.75 Å². The molecule has 0 aliphatic rings. The summed E-state index contributed by atoms with van der Waals surface area (Å²) in [5, 5.41) is 9.89. The molecule has 0 fully saturated rings. The van der Waals surface area contributed by atoms with Gasteiger partial charge in [-0.1, -0.05) is 6.07 Å². The van der Waals surface area contributed by atoms with Crippen molar-refractivity contribution < 1.29 is 5.11 Å². The van der Waals surface area contributed by atoms with Gasteiger partial charge in [0.2, 0.25) is 0 Å². The highest BCUT2D eigenvalue weighted by molar-refractivity contribution is 7.98. The normalized spacial score (nSPS) is 12.9. The van der Waals surface area contributed by atoms with Gasteiger partial charge < -0.3 is 10.8 Å². The summed E-state index contributed by atoms with van der Waals surface area (Å²) < 4.78 is 0. The van der Waals surface area contributed by atoms with E-state index in [1.165, 1.54) is 0 Å². The van der Waals surface area contributed by atoms with Crippen molar-refractivity contribution in [2.24, 2.45) is 5.73 Å². The topological polar surface area (TPSA) is 46.2 Å². The van der Waals surface area contributed by atoms with Crippen LogP contribution in [0.5, 0.6) is 5.75 Å². The molecule has 3 heteroatoms. The zero-order valence-corrected chi connectivity index (χ0v) is 9.69. The quantitative estimate of drug-likeness (QED) is 0.754. The molecular formula is C11H17NOS. The van der Waals surface area contributed by atoms with E-state index in [9.17, 15) is 5.11 Å². The molecule has 0 heterocycles. The fourth-order valence-electron chi connectivity index (χ4n) is 1.45. The lowest BCUT2D eigenvalue weighted by molar-refractivity contribution is 0.459. The smallest absolute Gasteiger partial charge is 0.122 e. The predicted molar refractivity (Wildman–Crippen MR) is 62.0 cm³/mol. The summed E-state index contributed by atoms with van der Waals surface area (Å²) >= 11 is 1.64. The Morgan fingerprint density at radius 2 is 2.14 bits per heavy atom. The second-order valence-corrected chi connectivity index (χ2v) is 4.44. The highest BCUT2D eigenvalue weighted by Crippen LogP contribution is 2.31. The number of hydrogen-bond acceptors (Lipinski definition) is 3. The van der Waals surface area contributed by atoms with Crippen LogP contribution >= 0.6 is 11.8 Å². The number of aromatic hydroxyl groups is 1. The monoisotopic (exact) mass is 211 g/mol. The van der Waals surface area contributed by atoms with Crippen LogP contribution in [0.1, 0.15) is 18.1 Å². The van der Waals surface area contributed by atoms with Gasteiger partial charge in [-0.3, -0.25) is 0 Å². The maximum Gasteiger partial charge on any atom is 0.122 e. The summed E-state index contributed by atoms with van der Waals surface area (Å²) in [6, 6.07) is 4.05. The van der Waals surface area contributed by atoms with E-state index in [1.807, 2.05) is 32.2 Å². The number of hydrogen-bond donors (Lipinski definition) is 2. The van der Waals surface area contributed by atoms with Crippen LogP contribution in [0, 0.1) is 6.92 Å². The Morgan fingerprint density at radius 3 is 2.64 bits per heavy atom. The largest absolute Gasteiger partial charge is 0.507 e. The number of phenols is 1. The van der Waals surface area contributed by atoms with Crippen molar-refractivity contribution in [3.63, 3.8) is 0 Å². The van der Waals surface area contributed by atoms with Crippen molar-refractivity contribution in [2.45, 2.75) is 31.2 Å². The molecule has 1 rings (SSSR count). The fraction of sp³-hybridized carbons (Fsp3) is 0.455. The maximum atomic E-state index is 9.89. The van der Waals surface area contributed by atoms with Gasteiger partial charge in [-0.25, -0.2) is 0 Å². The number of benzene rings is 1. The number of thioether (sulfide) groups is 1. The molecule has 0 aliphatic carbocycles. The molecule has 1 unspecified atom stereocenters. The second kappa shape index (κ2) is 4.71. The van der Waals surface area contributed by atoms with Gasteiger partial charge in [0.15, 0.2) is 0 Å². The molecular weight excluding hydrogens is 194 g/mol. The van der Waals surface area contributed by atoms with E-state index in [4.69, 9.17) is 5.73 Å². The Bertz CT molecular complexity index is 323. The summed E-state index contributed by atoms with van der Waals surface area (Å²) in [6.45, 7) is 3.86. The minimum Gasteiger partial charge on any atom is -0.507 e. The van der Waals surface area contributed by atoms with E-state index in [0.29, 0.717) is 5.75 Å². The third kappa shape index (κ3) is 2.42. The van der Waals surface area contributed by atoms with Gasteiger partial charge >= 0.3 is 0 Å². The van der Waals surface area contributed by atoms with E-state index in [-0.39, 0.29) is 6.04 Å². The average Bonchev–Trinajstić information content (AvgIpc) is 2.13. The van der Waals surface area contributed by atoms with Crippen molar-refractivity contribution in [1.82, 2.24) is 0 Å². The number of aryl methyl sites for hydroxylation is 1. The minimum atomic E-state index is 0.0774. The molecule has 0 saturated carbocycles. The lowest BCUT2D eigenvalue weighted by Crippen LogP contribution is -2.18. The van der Waals surface area contributed by atoms with E-state index >= 15 is 0 Å². The van der Waals surface area contributed by atoms with E-state index in [2.05, 4.69) is 0 Å². The second-order valence-electron chi connectivity index (χ2n) is 3.59. The van der Waals surface area contributed by atoms with E-state index in [0.717, 1.165) is 22.4 Å². The summed E-state index contributed by atoms with van der Waals surface area (Å²) in [5.74, 6) is 0.397. The first-order valence-corrected chi connectivity index (χ1v) is 5.89. The SMILES string of the molecule is CSc1ccc(C)c(O)c1CC(C)N. The van der Waals surface area contributed by atoms with Crippen molar-refractivity contribution >= 4 is 11.8 Å². The predicted octanol–water partition coefficient (Wildman–Crippen LogP) is 2.31. The van der Waals surface area contributed by atoms with Gasteiger partial charge in [-0.2, -0.15) is 0 Å². The first-order chi connectivity index (χ1) is 6.56. The lowest BCUT2D eigenvalue weighted by atomic mass is 10.0. The Morgan fingerprint density at radius 1 is 1.50 bits per heavy atom. The molecule has 1 aromatic carbocycles. The molecule has 0 bridgehead atoms. The highest BCUT2D eigenvalue weighted by Gasteiger charge is 2.11. The minimum absolute atomic E-state index is 0.0774. The van der Waals surface area contributed by atoms with Crippen LogP contribution < -0.4 is 5.73 Å². The molecule has 0 radical (unpaired) electrons. The van der Waals surface area contributed by atoms with Gasteiger partial charge in [0.1, 0.15) is 5.75 Å². The van der Waals surface area contributed by atoms with Gasteiger partial charge in [-0.05, 0) is 38.2 Å². The van der Waals surface area contributed by atoms with E-state index in [1.54, 1.807) is 11.8 Å². The zero-order chi connectivity index (χ0) is 10.7. The summed E-state index contributed by atoms with van der Waals surface area (Å²) in [5.41, 5.74) is 7.64. The van der Waals surface area contributed by atoms with Crippen LogP contribution in [0.3, 0.4) is 0 Å². The van der Waals surface area contributed by atoms with Gasteiger partial charge in [0, 0.05) is 16.5 Å². The molecule has 2 nitrogen and oxygen atoms in total. The Balaban J connectivity index is 3.14. The van der Waals surface area contributed by atoms with Crippen molar-refractivity contribution in [2.75, 3.05) is 6.26 Å². The molecule has 3 N–H and O–H groups in total. The van der Waals surface area contributed by atoms with Crippen molar-refractivity contribution in [3.05, 3.63) is 23.3 Å². The molecule has 0 saturated heterocycles. The third-order valence-electron chi connectivity index (χ3n) is 2.19. The molecule has 0 spiro atoms. The first-order valence-electron chi connectivity index (χ1n) is 4.67. The Labute approximate surface area is 89.5 Å². The lowest BCUT2D eigenvalue weighted by Gasteiger charge is -2.13. The summed E-state index contributed by atoms with van der Waals surface area (Å²) in [6.07, 6.45) is 2.73. The van der Waals surface area contributed by atoms with Crippen LogP contribution in [-0.4, -0.2) is 17.4 Å². The third-order valence-corrected chi connectivity index (χ3v) is 3.01. The fourth-order valence-corrected chi connectivity index (χ4v) is 2.08. The van der Waals surface area contributed by atoms with Gasteiger partial charge in [-0.15, -0.1) is 11.8 Å².